The summed E-state index contributed by atoms with van der Waals surface area (Å²) < 4.78 is 2.11. The van der Waals surface area contributed by atoms with Crippen molar-refractivity contribution in [2.24, 2.45) is 7.05 Å². The molecule has 0 aliphatic heterocycles. The molecule has 0 saturated heterocycles. The van der Waals surface area contributed by atoms with E-state index < -0.39 is 0 Å². The maximum Gasteiger partial charge on any atom is 0.108 e. The molecule has 0 aliphatic rings. The van der Waals surface area contributed by atoms with E-state index in [9.17, 15) is 0 Å². The van der Waals surface area contributed by atoms with E-state index >= 15 is 0 Å². The fourth-order valence-corrected chi connectivity index (χ4v) is 1.86. The van der Waals surface area contributed by atoms with Crippen LogP contribution in [0.15, 0.2) is 12.4 Å². The van der Waals surface area contributed by atoms with Crippen LogP contribution in [0, 0.1) is 0 Å². The monoisotopic (exact) mass is 209 g/mol. The number of hydrogen-bond acceptors (Lipinski definition) is 2. The van der Waals surface area contributed by atoms with Gasteiger partial charge in [-0.1, -0.05) is 13.3 Å². The second-order valence-electron chi connectivity index (χ2n) is 4.09. The molecule has 1 unspecified atom stereocenters. The van der Waals surface area contributed by atoms with E-state index in [0.717, 1.165) is 6.42 Å². The molecular formula is C12H23N3. The van der Waals surface area contributed by atoms with Crippen molar-refractivity contribution in [3.63, 3.8) is 0 Å². The lowest BCUT2D eigenvalue weighted by atomic mass is 10.1. The Morgan fingerprint density at radius 3 is 2.80 bits per heavy atom. The molecule has 1 rings (SSSR count). The predicted molar refractivity (Wildman–Crippen MR) is 63.9 cm³/mol. The van der Waals surface area contributed by atoms with Gasteiger partial charge in [-0.2, -0.15) is 0 Å². The molecule has 15 heavy (non-hydrogen) atoms. The Bertz CT molecular complexity index is 264. The lowest BCUT2D eigenvalue weighted by molar-refractivity contribution is 0.480. The van der Waals surface area contributed by atoms with Gasteiger partial charge in [0.2, 0.25) is 0 Å². The summed E-state index contributed by atoms with van der Waals surface area (Å²) in [6.07, 6.45) is 10.0. The molecule has 1 aromatic rings. The van der Waals surface area contributed by atoms with Gasteiger partial charge in [0.25, 0.3) is 0 Å². The van der Waals surface area contributed by atoms with Crippen LogP contribution in [0.2, 0.25) is 0 Å². The molecule has 0 amide bonds. The average molecular weight is 209 g/mol. The van der Waals surface area contributed by atoms with Crippen LogP contribution < -0.4 is 5.32 Å². The van der Waals surface area contributed by atoms with Crippen LogP contribution in [0.5, 0.6) is 0 Å². The first-order chi connectivity index (χ1) is 7.27. The third-order valence-electron chi connectivity index (χ3n) is 3.02. The van der Waals surface area contributed by atoms with Gasteiger partial charge < -0.3 is 9.88 Å². The largest absolute Gasteiger partial charge is 0.338 e. The number of imidazole rings is 1. The van der Waals surface area contributed by atoms with Gasteiger partial charge in [0, 0.05) is 31.9 Å². The van der Waals surface area contributed by atoms with E-state index in [-0.39, 0.29) is 0 Å². The Morgan fingerprint density at radius 2 is 2.27 bits per heavy atom. The van der Waals surface area contributed by atoms with Crippen molar-refractivity contribution in [1.29, 1.82) is 0 Å². The Hall–Kier alpha value is -0.830. The molecule has 0 fully saturated rings. The summed E-state index contributed by atoms with van der Waals surface area (Å²) in [6, 6.07) is 0.686. The zero-order chi connectivity index (χ0) is 11.1. The molecule has 1 heterocycles. The third kappa shape index (κ3) is 4.04. The maximum atomic E-state index is 4.32. The smallest absolute Gasteiger partial charge is 0.108 e. The van der Waals surface area contributed by atoms with Crippen LogP contribution >= 0.6 is 0 Å². The van der Waals surface area contributed by atoms with Gasteiger partial charge in [-0.25, -0.2) is 4.98 Å². The van der Waals surface area contributed by atoms with Crippen molar-refractivity contribution in [2.45, 2.75) is 45.1 Å². The highest BCUT2D eigenvalue weighted by Crippen LogP contribution is 2.07. The van der Waals surface area contributed by atoms with Crippen molar-refractivity contribution in [3.8, 4) is 0 Å². The van der Waals surface area contributed by atoms with Crippen molar-refractivity contribution >= 4 is 0 Å². The Labute approximate surface area is 92.9 Å². The van der Waals surface area contributed by atoms with Gasteiger partial charge in [0.1, 0.15) is 5.82 Å². The van der Waals surface area contributed by atoms with Gasteiger partial charge >= 0.3 is 0 Å². The Kier molecular flexibility index (Phi) is 5.40. The molecule has 3 nitrogen and oxygen atoms in total. The van der Waals surface area contributed by atoms with Crippen molar-refractivity contribution in [2.75, 3.05) is 7.05 Å². The first-order valence-electron chi connectivity index (χ1n) is 5.91. The first-order valence-corrected chi connectivity index (χ1v) is 5.91. The summed E-state index contributed by atoms with van der Waals surface area (Å²) in [5, 5.41) is 3.34. The zero-order valence-electron chi connectivity index (χ0n) is 10.2. The minimum atomic E-state index is 0.686. The summed E-state index contributed by atoms with van der Waals surface area (Å²) >= 11 is 0. The van der Waals surface area contributed by atoms with Crippen LogP contribution in [0.4, 0.5) is 0 Å². The fraction of sp³-hybridized carbons (Fsp3) is 0.750. The first kappa shape index (κ1) is 12.2. The number of aromatic nitrogens is 2. The summed E-state index contributed by atoms with van der Waals surface area (Å²) in [6.45, 7) is 2.24. The Morgan fingerprint density at radius 1 is 1.47 bits per heavy atom. The van der Waals surface area contributed by atoms with E-state index in [1.165, 1.54) is 31.5 Å². The zero-order valence-corrected chi connectivity index (χ0v) is 10.2. The van der Waals surface area contributed by atoms with Gasteiger partial charge in [0.15, 0.2) is 0 Å². The minimum Gasteiger partial charge on any atom is -0.338 e. The quantitative estimate of drug-likeness (QED) is 0.697. The highest BCUT2D eigenvalue weighted by molar-refractivity contribution is 4.90. The van der Waals surface area contributed by atoms with E-state index in [1.807, 2.05) is 19.4 Å². The van der Waals surface area contributed by atoms with Crippen LogP contribution in [0.1, 0.15) is 38.4 Å². The molecule has 86 valence electrons. The fourth-order valence-electron chi connectivity index (χ4n) is 1.86. The summed E-state index contributed by atoms with van der Waals surface area (Å²) in [7, 11) is 4.11. The van der Waals surface area contributed by atoms with Crippen molar-refractivity contribution in [3.05, 3.63) is 18.2 Å². The molecular weight excluding hydrogens is 186 g/mol. The molecule has 3 heteroatoms. The number of hydrogen-bond donors (Lipinski definition) is 1. The van der Waals surface area contributed by atoms with Crippen molar-refractivity contribution in [1.82, 2.24) is 14.9 Å². The second-order valence-corrected chi connectivity index (χ2v) is 4.09. The lowest BCUT2D eigenvalue weighted by Gasteiger charge is -2.12. The molecule has 1 aromatic heterocycles. The highest BCUT2D eigenvalue weighted by atomic mass is 15.0. The van der Waals surface area contributed by atoms with Crippen molar-refractivity contribution < 1.29 is 0 Å². The van der Waals surface area contributed by atoms with Gasteiger partial charge in [-0.3, -0.25) is 0 Å². The summed E-state index contributed by atoms with van der Waals surface area (Å²) in [5.41, 5.74) is 0. The van der Waals surface area contributed by atoms with Crippen LogP contribution in [0.3, 0.4) is 0 Å². The van der Waals surface area contributed by atoms with E-state index in [2.05, 4.69) is 28.8 Å². The average Bonchev–Trinajstić information content (AvgIpc) is 2.65. The number of nitrogens with one attached hydrogen (secondary N) is 1. The van der Waals surface area contributed by atoms with Crippen LogP contribution in [0.25, 0.3) is 0 Å². The normalized spacial score (nSPS) is 13.0. The number of aryl methyl sites for hydroxylation is 2. The number of rotatable bonds is 7. The third-order valence-corrected chi connectivity index (χ3v) is 3.02. The molecule has 0 bridgehead atoms. The van der Waals surface area contributed by atoms with Gasteiger partial charge in [-0.05, 0) is 26.3 Å². The topological polar surface area (TPSA) is 29.9 Å². The van der Waals surface area contributed by atoms with Gasteiger partial charge in [-0.15, -0.1) is 0 Å². The molecule has 1 N–H and O–H groups in total. The second kappa shape index (κ2) is 6.62. The van der Waals surface area contributed by atoms with Crippen LogP contribution in [-0.4, -0.2) is 22.6 Å². The van der Waals surface area contributed by atoms with Crippen LogP contribution in [-0.2, 0) is 13.5 Å². The minimum absolute atomic E-state index is 0.686. The molecule has 1 atom stereocenters. The van der Waals surface area contributed by atoms with E-state index in [0.29, 0.717) is 6.04 Å². The van der Waals surface area contributed by atoms with Gasteiger partial charge in [0.05, 0.1) is 0 Å². The maximum absolute atomic E-state index is 4.32. The molecule has 0 aliphatic carbocycles. The molecule has 0 aromatic carbocycles. The lowest BCUT2D eigenvalue weighted by Crippen LogP contribution is -2.23. The SMILES string of the molecule is CCC(CCCCc1nccn1C)NC. The summed E-state index contributed by atoms with van der Waals surface area (Å²) in [5.74, 6) is 1.20. The van der Waals surface area contributed by atoms with E-state index in [4.69, 9.17) is 0 Å². The highest BCUT2D eigenvalue weighted by Gasteiger charge is 2.03. The predicted octanol–water partition coefficient (Wildman–Crippen LogP) is 2.13. The molecule has 0 radical (unpaired) electrons. The number of nitrogens with zero attached hydrogens (tertiary/aromatic N) is 2. The summed E-state index contributed by atoms with van der Waals surface area (Å²) in [4.78, 5) is 4.32. The molecule has 0 spiro atoms. The Balaban J connectivity index is 2.14. The standard InChI is InChI=1S/C12H23N3/c1-4-11(13-2)7-5-6-8-12-14-9-10-15(12)3/h9-11,13H,4-8H2,1-3H3. The molecule has 0 saturated carbocycles. The number of unbranched alkanes of at least 4 members (excludes halogenated alkanes) is 1. The van der Waals surface area contributed by atoms with E-state index in [1.54, 1.807) is 0 Å².